The van der Waals surface area contributed by atoms with Crippen molar-refractivity contribution >= 4 is 29.9 Å². The molecule has 0 unspecified atom stereocenters. The fraction of sp³-hybridized carbons (Fsp3) is 0.667. The molecule has 0 fully saturated rings. The molecule has 0 amide bonds. The molecule has 1 rings (SSSR count). The van der Waals surface area contributed by atoms with Crippen molar-refractivity contribution in [1.29, 1.82) is 0 Å². The fourth-order valence-corrected chi connectivity index (χ4v) is 1.59. The van der Waals surface area contributed by atoms with Crippen LogP contribution in [-0.4, -0.2) is 38.8 Å². The van der Waals surface area contributed by atoms with Gasteiger partial charge in [0.05, 0.1) is 12.9 Å². The summed E-state index contributed by atoms with van der Waals surface area (Å²) in [5, 5.41) is 6.59. The molecular weight excluding hydrogens is 381 g/mol. The first-order valence-electron chi connectivity index (χ1n) is 7.34. The van der Waals surface area contributed by atoms with Gasteiger partial charge in [-0.05, 0) is 25.0 Å². The van der Waals surface area contributed by atoms with Crippen molar-refractivity contribution in [3.63, 3.8) is 0 Å². The Morgan fingerprint density at radius 2 is 2.10 bits per heavy atom. The highest BCUT2D eigenvalue weighted by molar-refractivity contribution is 14.0. The average Bonchev–Trinajstić information content (AvgIpc) is 2.93. The summed E-state index contributed by atoms with van der Waals surface area (Å²) in [5.41, 5.74) is 0. The van der Waals surface area contributed by atoms with Gasteiger partial charge < -0.3 is 19.8 Å². The van der Waals surface area contributed by atoms with Crippen LogP contribution in [-0.2, 0) is 11.2 Å². The van der Waals surface area contributed by atoms with Crippen LogP contribution in [0, 0.1) is 5.92 Å². The summed E-state index contributed by atoms with van der Waals surface area (Å²) in [4.78, 5) is 4.55. The summed E-state index contributed by atoms with van der Waals surface area (Å²) in [6, 6.07) is 3.89. The van der Waals surface area contributed by atoms with E-state index in [0.29, 0.717) is 12.5 Å². The molecule has 5 nitrogen and oxygen atoms in total. The summed E-state index contributed by atoms with van der Waals surface area (Å²) in [6.45, 7) is 10.1. The van der Waals surface area contributed by atoms with Gasteiger partial charge in [-0.25, -0.2) is 0 Å². The smallest absolute Gasteiger partial charge is 0.191 e. The molecule has 1 aromatic rings. The van der Waals surface area contributed by atoms with Crippen molar-refractivity contribution in [2.75, 3.05) is 32.8 Å². The van der Waals surface area contributed by atoms with Crippen LogP contribution in [0.5, 0.6) is 0 Å². The second kappa shape index (κ2) is 12.9. The summed E-state index contributed by atoms with van der Waals surface area (Å²) < 4.78 is 10.6. The Morgan fingerprint density at radius 3 is 2.71 bits per heavy atom. The monoisotopic (exact) mass is 409 g/mol. The zero-order valence-corrected chi connectivity index (χ0v) is 15.6. The molecule has 21 heavy (non-hydrogen) atoms. The maximum atomic E-state index is 5.31. The Bertz CT molecular complexity index is 367. The van der Waals surface area contributed by atoms with Gasteiger partial charge in [-0.1, -0.05) is 13.8 Å². The number of furan rings is 1. The first-order chi connectivity index (χ1) is 9.72. The Labute approximate surface area is 144 Å². The first kappa shape index (κ1) is 20.2. The summed E-state index contributed by atoms with van der Waals surface area (Å²) in [5.74, 6) is 2.37. The van der Waals surface area contributed by atoms with Crippen LogP contribution in [0.4, 0.5) is 0 Å². The molecule has 0 aliphatic rings. The van der Waals surface area contributed by atoms with Crippen LogP contribution in [0.25, 0.3) is 0 Å². The fourth-order valence-electron chi connectivity index (χ4n) is 1.59. The number of hydrogen-bond donors (Lipinski definition) is 2. The lowest BCUT2D eigenvalue weighted by Crippen LogP contribution is -2.40. The van der Waals surface area contributed by atoms with Crippen molar-refractivity contribution < 1.29 is 9.15 Å². The summed E-state index contributed by atoms with van der Waals surface area (Å²) >= 11 is 0. The van der Waals surface area contributed by atoms with Crippen LogP contribution in [0.15, 0.2) is 27.8 Å². The van der Waals surface area contributed by atoms with E-state index in [1.165, 1.54) is 0 Å². The minimum atomic E-state index is 0. The normalized spacial score (nSPS) is 11.3. The molecule has 0 radical (unpaired) electrons. The van der Waals surface area contributed by atoms with E-state index in [2.05, 4.69) is 29.5 Å². The van der Waals surface area contributed by atoms with Gasteiger partial charge in [-0.15, -0.1) is 24.0 Å². The average molecular weight is 409 g/mol. The van der Waals surface area contributed by atoms with Crippen molar-refractivity contribution in [3.8, 4) is 0 Å². The van der Waals surface area contributed by atoms with E-state index in [1.807, 2.05) is 19.1 Å². The molecule has 0 saturated carbocycles. The second-order valence-electron chi connectivity index (χ2n) is 4.96. The third-order valence-corrected chi connectivity index (χ3v) is 2.60. The van der Waals surface area contributed by atoms with E-state index in [1.54, 1.807) is 6.26 Å². The maximum Gasteiger partial charge on any atom is 0.191 e. The third-order valence-electron chi connectivity index (χ3n) is 2.60. The number of rotatable bonds is 9. The van der Waals surface area contributed by atoms with Crippen molar-refractivity contribution in [1.82, 2.24) is 10.6 Å². The molecule has 0 bridgehead atoms. The van der Waals surface area contributed by atoms with Gasteiger partial charge in [0.15, 0.2) is 5.96 Å². The van der Waals surface area contributed by atoms with Gasteiger partial charge in [0, 0.05) is 32.7 Å². The lowest BCUT2D eigenvalue weighted by atomic mass is 10.2. The molecular formula is C15H28IN3O2. The molecule has 1 heterocycles. The molecule has 0 saturated heterocycles. The van der Waals surface area contributed by atoms with Crippen molar-refractivity contribution in [2.24, 2.45) is 10.9 Å². The number of halogens is 1. The van der Waals surface area contributed by atoms with Gasteiger partial charge >= 0.3 is 0 Å². The number of hydrogen-bond acceptors (Lipinski definition) is 3. The lowest BCUT2D eigenvalue weighted by Gasteiger charge is -2.13. The van der Waals surface area contributed by atoms with Gasteiger partial charge in [0.1, 0.15) is 5.76 Å². The maximum absolute atomic E-state index is 5.31. The first-order valence-corrected chi connectivity index (χ1v) is 7.34. The number of aliphatic imine (C=N–C) groups is 1. The molecule has 1 aromatic heterocycles. The molecule has 0 aromatic carbocycles. The largest absolute Gasteiger partial charge is 0.469 e. The Kier molecular flexibility index (Phi) is 12.5. The summed E-state index contributed by atoms with van der Waals surface area (Å²) in [7, 11) is 0. The predicted molar refractivity (Wildman–Crippen MR) is 97.5 cm³/mol. The quantitative estimate of drug-likeness (QED) is 0.285. The van der Waals surface area contributed by atoms with Crippen LogP contribution in [0.3, 0.4) is 0 Å². The molecule has 0 spiro atoms. The van der Waals surface area contributed by atoms with Crippen molar-refractivity contribution in [2.45, 2.75) is 27.2 Å². The Morgan fingerprint density at radius 1 is 1.33 bits per heavy atom. The topological polar surface area (TPSA) is 58.8 Å². The van der Waals surface area contributed by atoms with Crippen LogP contribution in [0.2, 0.25) is 0 Å². The van der Waals surface area contributed by atoms with Crippen LogP contribution >= 0.6 is 24.0 Å². The highest BCUT2D eigenvalue weighted by atomic mass is 127. The van der Waals surface area contributed by atoms with E-state index in [4.69, 9.17) is 9.15 Å². The van der Waals surface area contributed by atoms with Crippen molar-refractivity contribution in [3.05, 3.63) is 24.2 Å². The SMILES string of the molecule is CCOCCNC(=NCC(C)C)NCCc1ccco1.I. The molecule has 2 N–H and O–H groups in total. The Hall–Kier alpha value is -0.760. The van der Waals surface area contributed by atoms with Gasteiger partial charge in [0.25, 0.3) is 0 Å². The number of nitrogens with one attached hydrogen (secondary N) is 2. The minimum Gasteiger partial charge on any atom is -0.469 e. The number of guanidine groups is 1. The zero-order chi connectivity index (χ0) is 14.6. The minimum absolute atomic E-state index is 0. The summed E-state index contributed by atoms with van der Waals surface area (Å²) in [6.07, 6.45) is 2.55. The van der Waals surface area contributed by atoms with Gasteiger partial charge in [0.2, 0.25) is 0 Å². The third kappa shape index (κ3) is 10.6. The van der Waals surface area contributed by atoms with Gasteiger partial charge in [-0.3, -0.25) is 4.99 Å². The van der Waals surface area contributed by atoms with E-state index in [9.17, 15) is 0 Å². The number of ether oxygens (including phenoxy) is 1. The standard InChI is InChI=1S/C15H27N3O2.HI/c1-4-19-11-9-17-15(18-12-13(2)3)16-8-7-14-6-5-10-20-14;/h5-6,10,13H,4,7-9,11-12H2,1-3H3,(H2,16,17,18);1H. The van der Waals surface area contributed by atoms with Crippen LogP contribution in [0.1, 0.15) is 26.5 Å². The zero-order valence-electron chi connectivity index (χ0n) is 13.2. The molecule has 0 atom stereocenters. The number of nitrogens with zero attached hydrogens (tertiary/aromatic N) is 1. The second-order valence-corrected chi connectivity index (χ2v) is 4.96. The molecule has 6 heteroatoms. The predicted octanol–water partition coefficient (Wildman–Crippen LogP) is 2.67. The molecule has 0 aliphatic carbocycles. The van der Waals surface area contributed by atoms with E-state index in [0.717, 1.165) is 44.4 Å². The lowest BCUT2D eigenvalue weighted by molar-refractivity contribution is 0.152. The van der Waals surface area contributed by atoms with Gasteiger partial charge in [-0.2, -0.15) is 0 Å². The van der Waals surface area contributed by atoms with E-state index in [-0.39, 0.29) is 24.0 Å². The Balaban J connectivity index is 0.00000400. The molecule has 0 aliphatic heterocycles. The highest BCUT2D eigenvalue weighted by Gasteiger charge is 2.01. The van der Waals surface area contributed by atoms with E-state index < -0.39 is 0 Å². The van der Waals surface area contributed by atoms with Crippen LogP contribution < -0.4 is 10.6 Å². The molecule has 122 valence electrons. The highest BCUT2D eigenvalue weighted by Crippen LogP contribution is 1.99. The van der Waals surface area contributed by atoms with E-state index >= 15 is 0 Å².